The average Bonchev–Trinajstić information content (AvgIpc) is 2.30. The highest BCUT2D eigenvalue weighted by Crippen LogP contribution is 2.20. The molecule has 0 radical (unpaired) electrons. The Hall–Kier alpha value is -1.70. The van der Waals surface area contributed by atoms with Crippen molar-refractivity contribution in [3.63, 3.8) is 0 Å². The minimum absolute atomic E-state index is 0.958. The summed E-state index contributed by atoms with van der Waals surface area (Å²) in [4.78, 5) is 8.68. The van der Waals surface area contributed by atoms with Crippen molar-refractivity contribution >= 4 is 0 Å². The number of hydrogen-bond acceptors (Lipinski definition) is 2. The van der Waals surface area contributed by atoms with Crippen molar-refractivity contribution in [2.45, 2.75) is 20.3 Å². The number of pyridine rings is 2. The Morgan fingerprint density at radius 2 is 2.00 bits per heavy atom. The van der Waals surface area contributed by atoms with Crippen LogP contribution < -0.4 is 0 Å². The molecule has 0 spiro atoms. The van der Waals surface area contributed by atoms with Crippen molar-refractivity contribution in [2.24, 2.45) is 0 Å². The van der Waals surface area contributed by atoms with E-state index in [1.807, 2.05) is 24.5 Å². The van der Waals surface area contributed by atoms with E-state index >= 15 is 0 Å². The van der Waals surface area contributed by atoms with Crippen LogP contribution in [0.15, 0.2) is 36.7 Å². The van der Waals surface area contributed by atoms with Gasteiger partial charge in [-0.2, -0.15) is 0 Å². The summed E-state index contributed by atoms with van der Waals surface area (Å²) in [5.41, 5.74) is 4.51. The first kappa shape index (κ1) is 9.84. The first-order valence-corrected chi connectivity index (χ1v) is 5.18. The van der Waals surface area contributed by atoms with Gasteiger partial charge in [-0.3, -0.25) is 9.97 Å². The third-order valence-corrected chi connectivity index (χ3v) is 2.46. The minimum Gasteiger partial charge on any atom is -0.261 e. The van der Waals surface area contributed by atoms with E-state index in [0.29, 0.717) is 0 Å². The minimum atomic E-state index is 0.958. The average molecular weight is 198 g/mol. The lowest BCUT2D eigenvalue weighted by atomic mass is 10.1. The Morgan fingerprint density at radius 3 is 2.73 bits per heavy atom. The van der Waals surface area contributed by atoms with E-state index in [0.717, 1.165) is 23.4 Å². The van der Waals surface area contributed by atoms with Crippen molar-refractivity contribution in [1.82, 2.24) is 9.97 Å². The molecular formula is C13H14N2. The van der Waals surface area contributed by atoms with E-state index in [1.165, 1.54) is 5.56 Å². The first-order valence-electron chi connectivity index (χ1n) is 5.18. The van der Waals surface area contributed by atoms with Crippen LogP contribution in [-0.4, -0.2) is 9.97 Å². The standard InChI is InChI=1S/C13H14N2/c1-3-12-9-11(6-8-14-12)13-10(2)5-4-7-15-13/h4-9H,3H2,1-2H3. The van der Waals surface area contributed by atoms with Gasteiger partial charge in [-0.15, -0.1) is 0 Å². The van der Waals surface area contributed by atoms with Gasteiger partial charge in [0.2, 0.25) is 0 Å². The summed E-state index contributed by atoms with van der Waals surface area (Å²) in [5, 5.41) is 0. The van der Waals surface area contributed by atoms with Crippen molar-refractivity contribution in [3.05, 3.63) is 47.9 Å². The van der Waals surface area contributed by atoms with Crippen LogP contribution in [0.3, 0.4) is 0 Å². The number of aryl methyl sites for hydroxylation is 2. The fourth-order valence-corrected chi connectivity index (χ4v) is 1.61. The maximum absolute atomic E-state index is 4.40. The van der Waals surface area contributed by atoms with Gasteiger partial charge in [0.05, 0.1) is 5.69 Å². The molecule has 2 heterocycles. The Balaban J connectivity index is 2.49. The number of nitrogens with zero attached hydrogens (tertiary/aromatic N) is 2. The monoisotopic (exact) mass is 198 g/mol. The lowest BCUT2D eigenvalue weighted by Crippen LogP contribution is -1.91. The third kappa shape index (κ3) is 2.04. The maximum Gasteiger partial charge on any atom is 0.0732 e. The summed E-state index contributed by atoms with van der Waals surface area (Å²) >= 11 is 0. The van der Waals surface area contributed by atoms with Gasteiger partial charge in [-0.25, -0.2) is 0 Å². The highest BCUT2D eigenvalue weighted by Gasteiger charge is 2.03. The normalized spacial score (nSPS) is 10.3. The lowest BCUT2D eigenvalue weighted by Gasteiger charge is -2.05. The molecule has 0 aliphatic carbocycles. The van der Waals surface area contributed by atoms with E-state index in [9.17, 15) is 0 Å². The van der Waals surface area contributed by atoms with Gasteiger partial charge in [-0.05, 0) is 37.1 Å². The summed E-state index contributed by atoms with van der Waals surface area (Å²) in [6.45, 7) is 4.19. The molecule has 76 valence electrons. The molecular weight excluding hydrogens is 184 g/mol. The smallest absolute Gasteiger partial charge is 0.0732 e. The number of hydrogen-bond donors (Lipinski definition) is 0. The van der Waals surface area contributed by atoms with Gasteiger partial charge in [-0.1, -0.05) is 13.0 Å². The largest absolute Gasteiger partial charge is 0.261 e. The van der Waals surface area contributed by atoms with Gasteiger partial charge in [0.1, 0.15) is 0 Å². The second-order valence-electron chi connectivity index (χ2n) is 3.56. The molecule has 2 nitrogen and oxygen atoms in total. The van der Waals surface area contributed by atoms with Gasteiger partial charge < -0.3 is 0 Å². The van der Waals surface area contributed by atoms with Crippen LogP contribution in [0.4, 0.5) is 0 Å². The Bertz CT molecular complexity index is 464. The van der Waals surface area contributed by atoms with Crippen molar-refractivity contribution in [1.29, 1.82) is 0 Å². The van der Waals surface area contributed by atoms with Crippen molar-refractivity contribution < 1.29 is 0 Å². The number of aromatic nitrogens is 2. The van der Waals surface area contributed by atoms with E-state index < -0.39 is 0 Å². The molecule has 2 aromatic heterocycles. The molecule has 2 aromatic rings. The van der Waals surface area contributed by atoms with E-state index in [-0.39, 0.29) is 0 Å². The maximum atomic E-state index is 4.40. The van der Waals surface area contributed by atoms with Crippen LogP contribution in [0.25, 0.3) is 11.3 Å². The highest BCUT2D eigenvalue weighted by molar-refractivity contribution is 5.62. The molecule has 0 saturated heterocycles. The molecule has 0 saturated carbocycles. The van der Waals surface area contributed by atoms with Crippen LogP contribution in [0.1, 0.15) is 18.2 Å². The quantitative estimate of drug-likeness (QED) is 0.741. The van der Waals surface area contributed by atoms with E-state index in [4.69, 9.17) is 0 Å². The zero-order valence-corrected chi connectivity index (χ0v) is 9.07. The van der Waals surface area contributed by atoms with Gasteiger partial charge >= 0.3 is 0 Å². The topological polar surface area (TPSA) is 25.8 Å². The Morgan fingerprint density at radius 1 is 1.13 bits per heavy atom. The van der Waals surface area contributed by atoms with Crippen LogP contribution >= 0.6 is 0 Å². The predicted molar refractivity (Wildman–Crippen MR) is 61.6 cm³/mol. The zero-order chi connectivity index (χ0) is 10.7. The molecule has 2 rings (SSSR count). The Labute approximate surface area is 90.0 Å². The summed E-state index contributed by atoms with van der Waals surface area (Å²) in [5.74, 6) is 0. The predicted octanol–water partition coefficient (Wildman–Crippen LogP) is 3.01. The van der Waals surface area contributed by atoms with E-state index in [1.54, 1.807) is 0 Å². The highest BCUT2D eigenvalue weighted by atomic mass is 14.7. The van der Waals surface area contributed by atoms with Crippen LogP contribution in [-0.2, 0) is 6.42 Å². The molecule has 0 aliphatic heterocycles. The lowest BCUT2D eigenvalue weighted by molar-refractivity contribution is 1.03. The first-order chi connectivity index (χ1) is 7.31. The molecule has 0 bridgehead atoms. The molecule has 0 atom stereocenters. The fourth-order valence-electron chi connectivity index (χ4n) is 1.61. The second kappa shape index (κ2) is 4.22. The zero-order valence-electron chi connectivity index (χ0n) is 9.07. The fraction of sp³-hybridized carbons (Fsp3) is 0.231. The van der Waals surface area contributed by atoms with Gasteiger partial charge in [0, 0.05) is 23.7 Å². The molecule has 2 heteroatoms. The molecule has 0 aliphatic rings. The van der Waals surface area contributed by atoms with Crippen LogP contribution in [0.2, 0.25) is 0 Å². The molecule has 0 fully saturated rings. The summed E-state index contributed by atoms with van der Waals surface area (Å²) in [7, 11) is 0. The second-order valence-corrected chi connectivity index (χ2v) is 3.56. The summed E-state index contributed by atoms with van der Waals surface area (Å²) in [6, 6.07) is 8.15. The summed E-state index contributed by atoms with van der Waals surface area (Å²) < 4.78 is 0. The van der Waals surface area contributed by atoms with Crippen LogP contribution in [0.5, 0.6) is 0 Å². The van der Waals surface area contributed by atoms with Crippen molar-refractivity contribution in [3.8, 4) is 11.3 Å². The van der Waals surface area contributed by atoms with E-state index in [2.05, 4.69) is 35.9 Å². The third-order valence-electron chi connectivity index (χ3n) is 2.46. The van der Waals surface area contributed by atoms with Crippen LogP contribution in [0, 0.1) is 6.92 Å². The van der Waals surface area contributed by atoms with Gasteiger partial charge in [0.25, 0.3) is 0 Å². The molecule has 0 amide bonds. The van der Waals surface area contributed by atoms with Crippen molar-refractivity contribution in [2.75, 3.05) is 0 Å². The number of rotatable bonds is 2. The van der Waals surface area contributed by atoms with Gasteiger partial charge in [0.15, 0.2) is 0 Å². The Kier molecular flexibility index (Phi) is 2.77. The summed E-state index contributed by atoms with van der Waals surface area (Å²) in [6.07, 6.45) is 4.64. The molecule has 15 heavy (non-hydrogen) atoms. The molecule has 0 N–H and O–H groups in total. The molecule has 0 aromatic carbocycles. The SMILES string of the molecule is CCc1cc(-c2ncccc2C)ccn1. The molecule has 0 unspecified atom stereocenters.